The zero-order chi connectivity index (χ0) is 10.1. The second-order valence-electron chi connectivity index (χ2n) is 3.08. The number of hydrogen-bond acceptors (Lipinski definition) is 1. The molecule has 1 aromatic rings. The van der Waals surface area contributed by atoms with Crippen LogP contribution in [0, 0.1) is 0 Å². The molecular formula is C9H8Cl2N2O. The second kappa shape index (κ2) is 3.67. The van der Waals surface area contributed by atoms with E-state index in [1.54, 1.807) is 12.1 Å². The van der Waals surface area contributed by atoms with E-state index in [0.717, 1.165) is 5.56 Å². The maximum absolute atomic E-state index is 10.9. The fraction of sp³-hybridized carbons (Fsp3) is 0.222. The number of hydrogen-bond donors (Lipinski definition) is 2. The molecule has 2 rings (SSSR count). The number of nitrogens with one attached hydrogen (secondary N) is 2. The fourth-order valence-corrected chi connectivity index (χ4v) is 1.69. The maximum Gasteiger partial charge on any atom is 0.315 e. The highest BCUT2D eigenvalue weighted by molar-refractivity contribution is 6.42. The summed E-state index contributed by atoms with van der Waals surface area (Å²) in [7, 11) is 0. The lowest BCUT2D eigenvalue weighted by molar-refractivity contribution is 0.247. The molecule has 2 N–H and O–H groups in total. The van der Waals surface area contributed by atoms with Gasteiger partial charge in [-0.05, 0) is 17.7 Å². The molecule has 74 valence electrons. The molecule has 0 aliphatic carbocycles. The summed E-state index contributed by atoms with van der Waals surface area (Å²) in [6.45, 7) is 0.580. The maximum atomic E-state index is 10.9. The highest BCUT2D eigenvalue weighted by atomic mass is 35.5. The van der Waals surface area contributed by atoms with Crippen molar-refractivity contribution in [2.24, 2.45) is 0 Å². The van der Waals surface area contributed by atoms with Crippen molar-refractivity contribution in [3.8, 4) is 0 Å². The van der Waals surface area contributed by atoms with Gasteiger partial charge in [0, 0.05) is 6.54 Å². The van der Waals surface area contributed by atoms with E-state index in [4.69, 9.17) is 23.2 Å². The summed E-state index contributed by atoms with van der Waals surface area (Å²) in [6.07, 6.45) is 0. The van der Waals surface area contributed by atoms with E-state index in [-0.39, 0.29) is 12.1 Å². The average Bonchev–Trinajstić information content (AvgIpc) is 2.57. The Balaban J connectivity index is 2.24. The van der Waals surface area contributed by atoms with E-state index in [0.29, 0.717) is 16.6 Å². The van der Waals surface area contributed by atoms with Crippen molar-refractivity contribution in [1.29, 1.82) is 0 Å². The van der Waals surface area contributed by atoms with Crippen LogP contribution in [0.15, 0.2) is 18.2 Å². The van der Waals surface area contributed by atoms with Crippen molar-refractivity contribution in [3.63, 3.8) is 0 Å². The van der Waals surface area contributed by atoms with Gasteiger partial charge in [-0.3, -0.25) is 0 Å². The minimum Gasteiger partial charge on any atom is -0.336 e. The normalized spacial score (nSPS) is 20.4. The van der Waals surface area contributed by atoms with Gasteiger partial charge in [0.15, 0.2) is 0 Å². The van der Waals surface area contributed by atoms with E-state index >= 15 is 0 Å². The third-order valence-electron chi connectivity index (χ3n) is 2.12. The Morgan fingerprint density at radius 1 is 1.29 bits per heavy atom. The van der Waals surface area contributed by atoms with Gasteiger partial charge in [0.05, 0.1) is 16.1 Å². The van der Waals surface area contributed by atoms with Crippen LogP contribution in [0.3, 0.4) is 0 Å². The third-order valence-corrected chi connectivity index (χ3v) is 2.86. The van der Waals surface area contributed by atoms with E-state index in [1.807, 2.05) is 6.07 Å². The summed E-state index contributed by atoms with van der Waals surface area (Å²) in [5.74, 6) is 0. The first-order valence-corrected chi connectivity index (χ1v) is 4.92. The molecule has 0 spiro atoms. The van der Waals surface area contributed by atoms with Gasteiger partial charge in [-0.15, -0.1) is 0 Å². The van der Waals surface area contributed by atoms with Crippen molar-refractivity contribution in [2.75, 3.05) is 6.54 Å². The van der Waals surface area contributed by atoms with Crippen molar-refractivity contribution in [2.45, 2.75) is 6.04 Å². The topological polar surface area (TPSA) is 41.1 Å². The molecule has 0 aromatic heterocycles. The Kier molecular flexibility index (Phi) is 2.52. The van der Waals surface area contributed by atoms with Gasteiger partial charge in [0.25, 0.3) is 0 Å². The van der Waals surface area contributed by atoms with Crippen LogP contribution in [0.2, 0.25) is 10.0 Å². The lowest BCUT2D eigenvalue weighted by Gasteiger charge is -2.09. The number of halogens is 2. The van der Waals surface area contributed by atoms with Gasteiger partial charge in [-0.2, -0.15) is 0 Å². The van der Waals surface area contributed by atoms with E-state index in [9.17, 15) is 4.79 Å². The third kappa shape index (κ3) is 1.79. The molecule has 1 aromatic carbocycles. The molecule has 1 saturated heterocycles. The monoisotopic (exact) mass is 230 g/mol. The number of carbonyl (C=O) groups excluding carboxylic acids is 1. The number of benzene rings is 1. The first-order valence-electron chi connectivity index (χ1n) is 4.16. The first-order chi connectivity index (χ1) is 6.66. The van der Waals surface area contributed by atoms with E-state index < -0.39 is 0 Å². The smallest absolute Gasteiger partial charge is 0.315 e. The Morgan fingerprint density at radius 3 is 2.64 bits per heavy atom. The van der Waals surface area contributed by atoms with Gasteiger partial charge in [-0.25, -0.2) is 4.79 Å². The molecule has 14 heavy (non-hydrogen) atoms. The van der Waals surface area contributed by atoms with Crippen LogP contribution in [0.1, 0.15) is 11.6 Å². The molecule has 1 aliphatic rings. The van der Waals surface area contributed by atoms with Gasteiger partial charge >= 0.3 is 6.03 Å². The Bertz CT molecular complexity index is 381. The van der Waals surface area contributed by atoms with Crippen molar-refractivity contribution in [1.82, 2.24) is 10.6 Å². The zero-order valence-electron chi connectivity index (χ0n) is 7.18. The molecule has 0 saturated carbocycles. The molecule has 1 heterocycles. The minimum absolute atomic E-state index is 0.0164. The molecule has 5 heteroatoms. The van der Waals surface area contributed by atoms with E-state index in [1.165, 1.54) is 0 Å². The van der Waals surface area contributed by atoms with Crippen LogP contribution in [-0.2, 0) is 0 Å². The first kappa shape index (κ1) is 9.62. The SMILES string of the molecule is O=C1NC[C@H](c2ccc(Cl)c(Cl)c2)N1. The summed E-state index contributed by atoms with van der Waals surface area (Å²) >= 11 is 11.6. The molecule has 1 aliphatic heterocycles. The van der Waals surface area contributed by atoms with Crippen molar-refractivity contribution < 1.29 is 4.79 Å². The average molecular weight is 231 g/mol. The van der Waals surface area contributed by atoms with Gasteiger partial charge < -0.3 is 10.6 Å². The predicted octanol–water partition coefficient (Wildman–Crippen LogP) is 2.35. The molecule has 0 radical (unpaired) electrons. The van der Waals surface area contributed by atoms with Crippen LogP contribution < -0.4 is 10.6 Å². The molecule has 0 bridgehead atoms. The van der Waals surface area contributed by atoms with Crippen LogP contribution in [0.25, 0.3) is 0 Å². The van der Waals surface area contributed by atoms with Crippen LogP contribution in [-0.4, -0.2) is 12.6 Å². The fourth-order valence-electron chi connectivity index (χ4n) is 1.39. The van der Waals surface area contributed by atoms with Crippen LogP contribution in [0.5, 0.6) is 0 Å². The second-order valence-corrected chi connectivity index (χ2v) is 3.89. The van der Waals surface area contributed by atoms with Crippen LogP contribution >= 0.6 is 23.2 Å². The summed E-state index contributed by atoms with van der Waals surface area (Å²) in [4.78, 5) is 10.9. The molecule has 1 atom stereocenters. The molecule has 2 amide bonds. The van der Waals surface area contributed by atoms with Gasteiger partial charge in [0.2, 0.25) is 0 Å². The summed E-state index contributed by atoms with van der Waals surface area (Å²) < 4.78 is 0. The standard InChI is InChI=1S/C9H8Cl2N2O/c10-6-2-1-5(3-7(6)11)8-4-12-9(14)13-8/h1-3,8H,4H2,(H2,12,13,14)/t8-/m1/s1. The Labute approximate surface area is 91.4 Å². The molecule has 0 unspecified atom stereocenters. The quantitative estimate of drug-likeness (QED) is 0.765. The van der Waals surface area contributed by atoms with Gasteiger partial charge in [0.1, 0.15) is 0 Å². The minimum atomic E-state index is -0.152. The van der Waals surface area contributed by atoms with Crippen LogP contribution in [0.4, 0.5) is 4.79 Å². The number of carbonyl (C=O) groups is 1. The molecule has 3 nitrogen and oxygen atoms in total. The number of amides is 2. The predicted molar refractivity (Wildman–Crippen MR) is 55.7 cm³/mol. The lowest BCUT2D eigenvalue weighted by atomic mass is 10.1. The zero-order valence-corrected chi connectivity index (χ0v) is 8.69. The number of rotatable bonds is 1. The largest absolute Gasteiger partial charge is 0.336 e. The Morgan fingerprint density at radius 2 is 2.07 bits per heavy atom. The summed E-state index contributed by atoms with van der Waals surface area (Å²) in [6, 6.07) is 5.18. The number of urea groups is 1. The summed E-state index contributed by atoms with van der Waals surface area (Å²) in [5.41, 5.74) is 0.956. The van der Waals surface area contributed by atoms with Gasteiger partial charge in [-0.1, -0.05) is 29.3 Å². The highest BCUT2D eigenvalue weighted by Gasteiger charge is 2.21. The summed E-state index contributed by atoms with van der Waals surface area (Å²) in [5, 5.41) is 6.47. The van der Waals surface area contributed by atoms with E-state index in [2.05, 4.69) is 10.6 Å². The Hall–Kier alpha value is -0.930. The lowest BCUT2D eigenvalue weighted by Crippen LogP contribution is -2.21. The molecular weight excluding hydrogens is 223 g/mol. The highest BCUT2D eigenvalue weighted by Crippen LogP contribution is 2.26. The van der Waals surface area contributed by atoms with Crippen molar-refractivity contribution >= 4 is 29.2 Å². The van der Waals surface area contributed by atoms with Crippen molar-refractivity contribution in [3.05, 3.63) is 33.8 Å². The molecule has 1 fully saturated rings.